The van der Waals surface area contributed by atoms with Gasteiger partial charge in [0, 0.05) is 0 Å². The van der Waals surface area contributed by atoms with Gasteiger partial charge >= 0.3 is 5.97 Å². The first-order valence-electron chi connectivity index (χ1n) is 3.99. The van der Waals surface area contributed by atoms with Gasteiger partial charge in [-0.05, 0) is 28.1 Å². The zero-order valence-electron chi connectivity index (χ0n) is 7.83. The number of methoxy groups -OCH3 is 1. The van der Waals surface area contributed by atoms with E-state index in [0.29, 0.717) is 0 Å². The van der Waals surface area contributed by atoms with Crippen LogP contribution in [-0.2, 0) is 9.53 Å². The zero-order valence-corrected chi connectivity index (χ0v) is 9.42. The van der Waals surface area contributed by atoms with Gasteiger partial charge in [-0.25, -0.2) is 4.39 Å². The summed E-state index contributed by atoms with van der Waals surface area (Å²) in [5, 5.41) is 9.52. The third-order valence-electron chi connectivity index (χ3n) is 1.88. The van der Waals surface area contributed by atoms with Crippen LogP contribution in [0.1, 0.15) is 11.6 Å². The Kier molecular flexibility index (Phi) is 3.65. The van der Waals surface area contributed by atoms with E-state index in [-0.39, 0.29) is 10.0 Å². The molecule has 0 aliphatic carbocycles. The summed E-state index contributed by atoms with van der Waals surface area (Å²) in [7, 11) is 1.13. The molecule has 0 fully saturated rings. The molecule has 0 amide bonds. The van der Waals surface area contributed by atoms with Crippen LogP contribution < -0.4 is 5.73 Å². The first kappa shape index (κ1) is 11.9. The largest absolute Gasteiger partial charge is 0.506 e. The van der Waals surface area contributed by atoms with Crippen molar-refractivity contribution in [3.63, 3.8) is 0 Å². The molecule has 0 saturated heterocycles. The Hall–Kier alpha value is -1.14. The van der Waals surface area contributed by atoms with E-state index in [0.717, 1.165) is 13.2 Å². The average Bonchev–Trinajstić information content (AvgIpc) is 2.22. The first-order valence-corrected chi connectivity index (χ1v) is 4.78. The summed E-state index contributed by atoms with van der Waals surface area (Å²) in [6.45, 7) is 0. The highest BCUT2D eigenvalue weighted by Gasteiger charge is 2.24. The van der Waals surface area contributed by atoms with Crippen molar-refractivity contribution in [1.82, 2.24) is 0 Å². The second-order valence-corrected chi connectivity index (χ2v) is 3.65. The molecular weight excluding hydrogens is 269 g/mol. The molecule has 1 aromatic carbocycles. The molecule has 1 aromatic rings. The normalized spacial score (nSPS) is 12.3. The second kappa shape index (κ2) is 4.59. The Morgan fingerprint density at radius 2 is 2.27 bits per heavy atom. The number of esters is 1. The number of rotatable bonds is 2. The van der Waals surface area contributed by atoms with E-state index in [1.165, 1.54) is 6.07 Å². The van der Waals surface area contributed by atoms with Crippen LogP contribution in [-0.4, -0.2) is 18.2 Å². The van der Waals surface area contributed by atoms with Crippen molar-refractivity contribution < 1.29 is 19.0 Å². The second-order valence-electron chi connectivity index (χ2n) is 2.79. The van der Waals surface area contributed by atoms with Gasteiger partial charge in [0.2, 0.25) is 0 Å². The molecule has 0 saturated carbocycles. The predicted molar refractivity (Wildman–Crippen MR) is 54.7 cm³/mol. The number of hydrogen-bond acceptors (Lipinski definition) is 4. The lowest BCUT2D eigenvalue weighted by Crippen LogP contribution is -2.23. The third kappa shape index (κ3) is 2.27. The van der Waals surface area contributed by atoms with Crippen LogP contribution in [0.4, 0.5) is 4.39 Å². The van der Waals surface area contributed by atoms with Gasteiger partial charge in [0.1, 0.15) is 17.6 Å². The number of halogens is 2. The number of phenolic OH excluding ortho intramolecular Hbond substituents is 1. The average molecular weight is 278 g/mol. The lowest BCUT2D eigenvalue weighted by Gasteiger charge is -2.13. The monoisotopic (exact) mass is 277 g/mol. The Morgan fingerprint density at radius 1 is 1.67 bits per heavy atom. The fourth-order valence-electron chi connectivity index (χ4n) is 1.10. The summed E-state index contributed by atoms with van der Waals surface area (Å²) < 4.78 is 17.9. The summed E-state index contributed by atoms with van der Waals surface area (Å²) in [6, 6.07) is 1.08. The smallest absolute Gasteiger partial charge is 0.327 e. The van der Waals surface area contributed by atoms with Gasteiger partial charge in [0.25, 0.3) is 0 Å². The topological polar surface area (TPSA) is 72.5 Å². The number of aromatic hydroxyl groups is 1. The molecule has 0 radical (unpaired) electrons. The number of hydrogen-bond donors (Lipinski definition) is 2. The highest BCUT2D eigenvalue weighted by Crippen LogP contribution is 2.33. The minimum absolute atomic E-state index is 0.262. The van der Waals surface area contributed by atoms with E-state index in [9.17, 15) is 14.3 Å². The van der Waals surface area contributed by atoms with Gasteiger partial charge in [-0.15, -0.1) is 0 Å². The van der Waals surface area contributed by atoms with Crippen LogP contribution in [0.5, 0.6) is 5.75 Å². The maximum atomic E-state index is 13.3. The summed E-state index contributed by atoms with van der Waals surface area (Å²) in [4.78, 5) is 11.1. The van der Waals surface area contributed by atoms with Crippen LogP contribution in [0.25, 0.3) is 0 Å². The highest BCUT2D eigenvalue weighted by molar-refractivity contribution is 9.10. The van der Waals surface area contributed by atoms with E-state index >= 15 is 0 Å². The maximum absolute atomic E-state index is 13.3. The summed E-state index contributed by atoms with van der Waals surface area (Å²) in [5.41, 5.74) is 5.14. The number of nitrogens with two attached hydrogens (primary N) is 1. The van der Waals surface area contributed by atoms with Gasteiger partial charge in [0.05, 0.1) is 17.1 Å². The molecule has 15 heavy (non-hydrogen) atoms. The molecule has 1 atom stereocenters. The van der Waals surface area contributed by atoms with Crippen molar-refractivity contribution in [2.45, 2.75) is 6.04 Å². The number of carbonyl (C=O) groups excluding carboxylic acids is 1. The van der Waals surface area contributed by atoms with Gasteiger partial charge in [-0.3, -0.25) is 4.79 Å². The van der Waals surface area contributed by atoms with Crippen LogP contribution in [0.2, 0.25) is 0 Å². The van der Waals surface area contributed by atoms with Crippen LogP contribution in [0.3, 0.4) is 0 Å². The molecule has 0 unspecified atom stereocenters. The lowest BCUT2D eigenvalue weighted by molar-refractivity contribution is -0.142. The van der Waals surface area contributed by atoms with Gasteiger partial charge in [-0.2, -0.15) is 0 Å². The molecule has 3 N–H and O–H groups in total. The van der Waals surface area contributed by atoms with E-state index in [1.54, 1.807) is 0 Å². The maximum Gasteiger partial charge on any atom is 0.327 e. The van der Waals surface area contributed by atoms with E-state index in [4.69, 9.17) is 5.73 Å². The minimum Gasteiger partial charge on any atom is -0.506 e. The van der Waals surface area contributed by atoms with Crippen molar-refractivity contribution in [1.29, 1.82) is 0 Å². The van der Waals surface area contributed by atoms with Crippen molar-refractivity contribution in [3.05, 3.63) is 28.0 Å². The van der Waals surface area contributed by atoms with Crippen molar-refractivity contribution in [3.8, 4) is 5.75 Å². The molecule has 82 valence electrons. The molecule has 0 aliphatic heterocycles. The lowest BCUT2D eigenvalue weighted by atomic mass is 10.1. The molecular formula is C9H9BrFNO3. The summed E-state index contributed by atoms with van der Waals surface area (Å²) in [6.07, 6.45) is 0. The molecule has 4 nitrogen and oxygen atoms in total. The molecule has 0 spiro atoms. The SMILES string of the molecule is COC(=O)[C@@H](N)c1c(F)ccc(Br)c1O. The molecule has 6 heteroatoms. The van der Waals surface area contributed by atoms with Crippen molar-refractivity contribution in [2.24, 2.45) is 5.73 Å². The quantitative estimate of drug-likeness (QED) is 0.803. The number of ether oxygens (including phenoxy) is 1. The fraction of sp³-hybridized carbons (Fsp3) is 0.222. The molecule has 1 rings (SSSR count). The number of carbonyl (C=O) groups is 1. The standard InChI is InChI=1S/C9H9BrFNO3/c1-15-9(14)7(12)6-5(11)3-2-4(10)8(6)13/h2-3,7,13H,12H2,1H3/t7-/m0/s1. The summed E-state index contributed by atoms with van der Waals surface area (Å²) >= 11 is 3.00. The number of benzene rings is 1. The molecule has 0 aliphatic rings. The summed E-state index contributed by atoms with van der Waals surface area (Å²) in [5.74, 6) is -1.97. The van der Waals surface area contributed by atoms with E-state index in [2.05, 4.69) is 20.7 Å². The Morgan fingerprint density at radius 3 is 2.80 bits per heavy atom. The van der Waals surface area contributed by atoms with Crippen LogP contribution in [0.15, 0.2) is 16.6 Å². The van der Waals surface area contributed by atoms with Gasteiger partial charge in [-0.1, -0.05) is 0 Å². The van der Waals surface area contributed by atoms with Gasteiger partial charge in [0.15, 0.2) is 0 Å². The number of phenols is 1. The van der Waals surface area contributed by atoms with Crippen molar-refractivity contribution in [2.75, 3.05) is 7.11 Å². The van der Waals surface area contributed by atoms with Crippen LogP contribution >= 0.6 is 15.9 Å². The highest BCUT2D eigenvalue weighted by atomic mass is 79.9. The van der Waals surface area contributed by atoms with Crippen LogP contribution in [0, 0.1) is 5.82 Å². The zero-order chi connectivity index (χ0) is 11.6. The first-order chi connectivity index (χ1) is 6.99. The molecule has 0 heterocycles. The predicted octanol–water partition coefficient (Wildman–Crippen LogP) is 1.47. The third-order valence-corrected chi connectivity index (χ3v) is 2.52. The Balaban J connectivity index is 3.24. The van der Waals surface area contributed by atoms with Crippen molar-refractivity contribution >= 4 is 21.9 Å². The minimum atomic E-state index is -1.34. The molecule has 0 bridgehead atoms. The molecule has 0 aromatic heterocycles. The Bertz CT molecular complexity index is 397. The van der Waals surface area contributed by atoms with E-state index in [1.807, 2.05) is 0 Å². The fourth-order valence-corrected chi connectivity index (χ4v) is 1.44. The Labute approximate surface area is 94.0 Å². The van der Waals surface area contributed by atoms with E-state index < -0.39 is 23.6 Å². The van der Waals surface area contributed by atoms with Gasteiger partial charge < -0.3 is 15.6 Å².